The molecule has 0 aromatic rings. The van der Waals surface area contributed by atoms with Gasteiger partial charge in [-0.25, -0.2) is 4.79 Å². The van der Waals surface area contributed by atoms with Gasteiger partial charge in [-0.1, -0.05) is 26.2 Å². The number of piperidine rings is 1. The van der Waals surface area contributed by atoms with Crippen molar-refractivity contribution in [2.75, 3.05) is 0 Å². The minimum Gasteiger partial charge on any atom is -0.465 e. The molecule has 20 heavy (non-hydrogen) atoms. The number of fused-ring (bicyclic) bond motifs is 1. The van der Waals surface area contributed by atoms with Crippen LogP contribution < -0.4 is 5.32 Å². The topological polar surface area (TPSA) is 69.6 Å². The third-order valence-corrected chi connectivity index (χ3v) is 5.33. The first-order valence-electron chi connectivity index (χ1n) is 7.91. The van der Waals surface area contributed by atoms with E-state index in [9.17, 15) is 14.7 Å². The Kier molecular flexibility index (Phi) is 3.61. The van der Waals surface area contributed by atoms with E-state index >= 15 is 0 Å². The highest BCUT2D eigenvalue weighted by Gasteiger charge is 2.56. The standard InChI is InChI=1S/C15H24N2O3/c1-2-9-4-3-5-11(6-9)16-14(18)13-8-10-7-12(10)17(13)15(19)20/h9-13H,2-8H2,1H3,(H,16,18)(H,19,20)/t9-,10-,11+,12-,13+/m1/s1. The number of amides is 2. The van der Waals surface area contributed by atoms with Crippen LogP contribution in [0.3, 0.4) is 0 Å². The molecular weight excluding hydrogens is 256 g/mol. The van der Waals surface area contributed by atoms with Gasteiger partial charge >= 0.3 is 6.09 Å². The first kappa shape index (κ1) is 13.7. The zero-order valence-electron chi connectivity index (χ0n) is 12.0. The number of hydrogen-bond acceptors (Lipinski definition) is 2. The summed E-state index contributed by atoms with van der Waals surface area (Å²) in [6.45, 7) is 2.20. The monoisotopic (exact) mass is 280 g/mol. The summed E-state index contributed by atoms with van der Waals surface area (Å²) < 4.78 is 0. The predicted molar refractivity (Wildman–Crippen MR) is 74.3 cm³/mol. The van der Waals surface area contributed by atoms with E-state index in [0.29, 0.717) is 18.3 Å². The summed E-state index contributed by atoms with van der Waals surface area (Å²) in [4.78, 5) is 25.1. The summed E-state index contributed by atoms with van der Waals surface area (Å²) in [5.41, 5.74) is 0. The molecular formula is C15H24N2O3. The minimum atomic E-state index is -0.940. The number of likely N-dealkylation sites (tertiary alicyclic amines) is 1. The third kappa shape index (κ3) is 2.50. The van der Waals surface area contributed by atoms with Gasteiger partial charge in [0.1, 0.15) is 6.04 Å². The number of carbonyl (C=O) groups excluding carboxylic acids is 1. The van der Waals surface area contributed by atoms with E-state index < -0.39 is 12.1 Å². The molecule has 5 heteroatoms. The minimum absolute atomic E-state index is 0.0682. The van der Waals surface area contributed by atoms with E-state index in [2.05, 4.69) is 12.2 Å². The summed E-state index contributed by atoms with van der Waals surface area (Å²) in [7, 11) is 0. The second kappa shape index (κ2) is 5.26. The van der Waals surface area contributed by atoms with Crippen molar-refractivity contribution >= 4 is 12.0 Å². The van der Waals surface area contributed by atoms with Gasteiger partial charge in [0.25, 0.3) is 0 Å². The van der Waals surface area contributed by atoms with Crippen LogP contribution in [0.15, 0.2) is 0 Å². The Morgan fingerprint density at radius 3 is 2.75 bits per heavy atom. The Morgan fingerprint density at radius 1 is 1.25 bits per heavy atom. The summed E-state index contributed by atoms with van der Waals surface area (Å²) in [6.07, 6.45) is 6.40. The lowest BCUT2D eigenvalue weighted by atomic mass is 9.84. The average Bonchev–Trinajstić information content (AvgIpc) is 3.08. The lowest BCUT2D eigenvalue weighted by Gasteiger charge is -2.31. The molecule has 2 saturated carbocycles. The first-order chi connectivity index (χ1) is 9.60. The number of rotatable bonds is 3. The number of carbonyl (C=O) groups is 2. The highest BCUT2D eigenvalue weighted by Crippen LogP contribution is 2.47. The van der Waals surface area contributed by atoms with E-state index in [1.54, 1.807) is 0 Å². The van der Waals surface area contributed by atoms with Crippen LogP contribution in [0.4, 0.5) is 4.79 Å². The molecule has 2 aliphatic carbocycles. The lowest BCUT2D eigenvalue weighted by Crippen LogP contribution is -2.50. The van der Waals surface area contributed by atoms with Crippen LogP contribution in [0.1, 0.15) is 51.9 Å². The highest BCUT2D eigenvalue weighted by atomic mass is 16.4. The molecule has 3 rings (SSSR count). The molecule has 112 valence electrons. The second-order valence-electron chi connectivity index (χ2n) is 6.65. The summed E-state index contributed by atoms with van der Waals surface area (Å²) >= 11 is 0. The fourth-order valence-corrected chi connectivity index (χ4v) is 4.06. The van der Waals surface area contributed by atoms with Gasteiger partial charge in [0.15, 0.2) is 0 Å². The molecule has 3 aliphatic rings. The Morgan fingerprint density at radius 2 is 2.05 bits per heavy atom. The molecule has 0 radical (unpaired) electrons. The number of hydrogen-bond donors (Lipinski definition) is 2. The van der Waals surface area contributed by atoms with Gasteiger partial charge in [0, 0.05) is 12.1 Å². The van der Waals surface area contributed by atoms with E-state index in [0.717, 1.165) is 19.3 Å². The number of nitrogens with one attached hydrogen (secondary N) is 1. The normalized spacial score (nSPS) is 39.2. The van der Waals surface area contributed by atoms with Gasteiger partial charge in [0.2, 0.25) is 5.91 Å². The molecule has 3 fully saturated rings. The summed E-state index contributed by atoms with van der Waals surface area (Å²) in [6, 6.07) is -0.0926. The third-order valence-electron chi connectivity index (χ3n) is 5.33. The first-order valence-corrected chi connectivity index (χ1v) is 7.91. The van der Waals surface area contributed by atoms with Crippen LogP contribution in [0, 0.1) is 11.8 Å². The molecule has 0 aromatic carbocycles. The summed E-state index contributed by atoms with van der Waals surface area (Å²) in [5, 5.41) is 12.4. The average molecular weight is 280 g/mol. The maximum Gasteiger partial charge on any atom is 0.408 e. The molecule has 0 bridgehead atoms. The quantitative estimate of drug-likeness (QED) is 0.832. The molecule has 0 unspecified atom stereocenters. The lowest BCUT2D eigenvalue weighted by molar-refractivity contribution is -0.126. The van der Waals surface area contributed by atoms with Gasteiger partial charge in [0.05, 0.1) is 0 Å². The van der Waals surface area contributed by atoms with Gasteiger partial charge in [-0.05, 0) is 37.5 Å². The van der Waals surface area contributed by atoms with E-state index in [4.69, 9.17) is 0 Å². The highest BCUT2D eigenvalue weighted by molar-refractivity contribution is 5.86. The molecule has 1 heterocycles. The van der Waals surface area contributed by atoms with Gasteiger partial charge in [-0.3, -0.25) is 9.69 Å². The second-order valence-corrected chi connectivity index (χ2v) is 6.65. The van der Waals surface area contributed by atoms with E-state index in [1.807, 2.05) is 0 Å². The SMILES string of the molecule is CC[C@@H]1CCC[C@H](NC(=O)[C@@H]2C[C@H]3C[C@H]3N2C(=O)O)C1. The zero-order chi connectivity index (χ0) is 14.3. The van der Waals surface area contributed by atoms with Crippen molar-refractivity contribution in [3.63, 3.8) is 0 Å². The maximum absolute atomic E-state index is 12.4. The van der Waals surface area contributed by atoms with Gasteiger partial charge in [-0.15, -0.1) is 0 Å². The van der Waals surface area contributed by atoms with Gasteiger partial charge in [-0.2, -0.15) is 0 Å². The molecule has 1 aliphatic heterocycles. The molecule has 0 aromatic heterocycles. The van der Waals surface area contributed by atoms with Crippen LogP contribution in [0.5, 0.6) is 0 Å². The van der Waals surface area contributed by atoms with Crippen LogP contribution in [0.25, 0.3) is 0 Å². The van der Waals surface area contributed by atoms with Crippen LogP contribution in [-0.2, 0) is 4.79 Å². The van der Waals surface area contributed by atoms with Crippen molar-refractivity contribution in [3.8, 4) is 0 Å². The Labute approximate surface area is 119 Å². The molecule has 1 saturated heterocycles. The largest absolute Gasteiger partial charge is 0.465 e. The van der Waals surface area contributed by atoms with Gasteiger partial charge < -0.3 is 10.4 Å². The number of carboxylic acid groups (broad SMARTS) is 1. The van der Waals surface area contributed by atoms with Crippen molar-refractivity contribution < 1.29 is 14.7 Å². The van der Waals surface area contributed by atoms with Crippen LogP contribution in [-0.4, -0.2) is 40.1 Å². The van der Waals surface area contributed by atoms with Crippen molar-refractivity contribution in [3.05, 3.63) is 0 Å². The molecule has 5 nitrogen and oxygen atoms in total. The summed E-state index contributed by atoms with van der Waals surface area (Å²) in [5.74, 6) is 1.07. The smallest absolute Gasteiger partial charge is 0.408 e. The van der Waals surface area contributed by atoms with E-state index in [-0.39, 0.29) is 18.0 Å². The van der Waals surface area contributed by atoms with Crippen molar-refractivity contribution in [2.24, 2.45) is 11.8 Å². The predicted octanol–water partition coefficient (Wildman–Crippen LogP) is 2.21. The van der Waals surface area contributed by atoms with Crippen LogP contribution >= 0.6 is 0 Å². The molecule has 0 spiro atoms. The maximum atomic E-state index is 12.4. The van der Waals surface area contributed by atoms with Crippen molar-refractivity contribution in [1.82, 2.24) is 10.2 Å². The van der Waals surface area contributed by atoms with Crippen molar-refractivity contribution in [1.29, 1.82) is 0 Å². The Hall–Kier alpha value is -1.26. The Bertz CT molecular complexity index is 412. The molecule has 2 N–H and O–H groups in total. The molecule has 2 amide bonds. The van der Waals surface area contributed by atoms with Crippen molar-refractivity contribution in [2.45, 2.75) is 70.0 Å². The zero-order valence-corrected chi connectivity index (χ0v) is 12.0. The molecule has 5 atom stereocenters. The fraction of sp³-hybridized carbons (Fsp3) is 0.867. The Balaban J connectivity index is 1.57. The van der Waals surface area contributed by atoms with E-state index in [1.165, 1.54) is 24.2 Å². The van der Waals surface area contributed by atoms with Crippen LogP contribution in [0.2, 0.25) is 0 Å². The number of nitrogens with zero attached hydrogens (tertiary/aromatic N) is 1. The fourth-order valence-electron chi connectivity index (χ4n) is 4.06.